The highest BCUT2D eigenvalue weighted by Crippen LogP contribution is 2.14. The van der Waals surface area contributed by atoms with Crippen LogP contribution < -0.4 is 4.74 Å². The van der Waals surface area contributed by atoms with Gasteiger partial charge in [0.05, 0.1) is 0 Å². The van der Waals surface area contributed by atoms with Crippen molar-refractivity contribution in [2.24, 2.45) is 0 Å². The van der Waals surface area contributed by atoms with Gasteiger partial charge in [0.2, 0.25) is 0 Å². The van der Waals surface area contributed by atoms with Gasteiger partial charge in [0.1, 0.15) is 12.4 Å². The van der Waals surface area contributed by atoms with E-state index in [1.54, 1.807) is 13.0 Å². The molecule has 0 radical (unpaired) electrons. The molecule has 0 heterocycles. The molecule has 2 aromatic carbocycles. The molecule has 1 N–H and O–H groups in total. The Bertz CT molecular complexity index is 767. The number of rotatable bonds is 8. The van der Waals surface area contributed by atoms with Gasteiger partial charge in [-0.05, 0) is 48.9 Å². The molecular formula is C22H22O4. The molecule has 0 saturated carbocycles. The molecule has 0 saturated heterocycles. The molecule has 4 nitrogen and oxygen atoms in total. The van der Waals surface area contributed by atoms with Gasteiger partial charge in [0, 0.05) is 18.6 Å². The van der Waals surface area contributed by atoms with Crippen molar-refractivity contribution < 1.29 is 19.4 Å². The molecule has 2 aromatic rings. The molecule has 4 heteroatoms. The fraction of sp³-hybridized carbons (Fsp3) is 0.227. The van der Waals surface area contributed by atoms with Crippen LogP contribution in [0.25, 0.3) is 0 Å². The van der Waals surface area contributed by atoms with Crippen molar-refractivity contribution in [2.75, 3.05) is 13.2 Å². The van der Waals surface area contributed by atoms with Crippen LogP contribution in [0.4, 0.5) is 0 Å². The van der Waals surface area contributed by atoms with Crippen LogP contribution in [0, 0.1) is 11.8 Å². The molecule has 0 aliphatic rings. The van der Waals surface area contributed by atoms with Crippen molar-refractivity contribution in [3.8, 4) is 17.6 Å². The second-order valence-corrected chi connectivity index (χ2v) is 5.48. The maximum Gasteiger partial charge on any atom is 0.333 e. The van der Waals surface area contributed by atoms with Crippen LogP contribution in [0.3, 0.4) is 0 Å². The minimum absolute atomic E-state index is 0.332. The van der Waals surface area contributed by atoms with Crippen molar-refractivity contribution in [2.45, 2.75) is 19.4 Å². The monoisotopic (exact) mass is 350 g/mol. The highest BCUT2D eigenvalue weighted by molar-refractivity contribution is 5.72. The van der Waals surface area contributed by atoms with Crippen molar-refractivity contribution in [3.05, 3.63) is 77.9 Å². The summed E-state index contributed by atoms with van der Waals surface area (Å²) in [4.78, 5) is 11.1. The number of benzene rings is 2. The summed E-state index contributed by atoms with van der Waals surface area (Å²) in [5.41, 5.74) is 1.86. The van der Waals surface area contributed by atoms with E-state index in [0.29, 0.717) is 19.6 Å². The van der Waals surface area contributed by atoms with Crippen molar-refractivity contribution in [3.63, 3.8) is 0 Å². The summed E-state index contributed by atoms with van der Waals surface area (Å²) in [6.07, 6.45) is 3.12. The molecule has 0 amide bonds. The summed E-state index contributed by atoms with van der Waals surface area (Å²) in [6, 6.07) is 17.1. The quantitative estimate of drug-likeness (QED) is 0.738. The summed E-state index contributed by atoms with van der Waals surface area (Å²) in [5, 5.41) is 9.11. The highest BCUT2D eigenvalue weighted by Gasteiger charge is 2.17. The maximum absolute atomic E-state index is 11.1. The summed E-state index contributed by atoms with van der Waals surface area (Å²) >= 11 is 0. The van der Waals surface area contributed by atoms with E-state index in [4.69, 9.17) is 14.6 Å². The fourth-order valence-corrected chi connectivity index (χ4v) is 2.25. The number of hydrogen-bond donors (Lipinski definition) is 1. The molecule has 0 aliphatic heterocycles. The number of aliphatic carboxylic acids is 1. The third-order valence-electron chi connectivity index (χ3n) is 3.53. The number of carbonyl (C=O) groups is 1. The standard InChI is InChI=1S/C22H22O4/c1-2-25-21(22(23)24)17-19-12-14-20(15-13-19)26-16-8-4-7-11-18-9-5-3-6-10-18/h3-6,8-10,12-15,21H,2,16-17H2,1H3,(H,23,24)/b8-4+/t21-/m1/s1. The first-order valence-corrected chi connectivity index (χ1v) is 8.46. The molecule has 0 unspecified atom stereocenters. The number of ether oxygens (including phenoxy) is 2. The van der Waals surface area contributed by atoms with Gasteiger partial charge < -0.3 is 14.6 Å². The normalized spacial score (nSPS) is 11.6. The van der Waals surface area contributed by atoms with Gasteiger partial charge in [-0.15, -0.1) is 0 Å². The van der Waals surface area contributed by atoms with Gasteiger partial charge in [-0.3, -0.25) is 0 Å². The second-order valence-electron chi connectivity index (χ2n) is 5.48. The van der Waals surface area contributed by atoms with E-state index < -0.39 is 12.1 Å². The number of hydrogen-bond acceptors (Lipinski definition) is 3. The summed E-state index contributed by atoms with van der Waals surface area (Å²) in [6.45, 7) is 2.57. The lowest BCUT2D eigenvalue weighted by Crippen LogP contribution is -2.26. The van der Waals surface area contributed by atoms with Crippen LogP contribution >= 0.6 is 0 Å². The molecule has 0 aliphatic carbocycles. The van der Waals surface area contributed by atoms with Gasteiger partial charge in [-0.25, -0.2) is 4.79 Å². The van der Waals surface area contributed by atoms with Crippen LogP contribution in [0.2, 0.25) is 0 Å². The summed E-state index contributed by atoms with van der Waals surface area (Å²) in [7, 11) is 0. The lowest BCUT2D eigenvalue weighted by molar-refractivity contribution is -0.149. The van der Waals surface area contributed by atoms with Gasteiger partial charge in [0.25, 0.3) is 0 Å². The zero-order valence-corrected chi connectivity index (χ0v) is 14.7. The average Bonchev–Trinajstić information content (AvgIpc) is 2.66. The maximum atomic E-state index is 11.1. The van der Waals surface area contributed by atoms with Gasteiger partial charge in [-0.2, -0.15) is 0 Å². The molecule has 0 aromatic heterocycles. The van der Waals surface area contributed by atoms with E-state index in [1.165, 1.54) is 0 Å². The number of carboxylic acid groups (broad SMARTS) is 1. The topological polar surface area (TPSA) is 55.8 Å². The molecule has 1 atom stereocenters. The average molecular weight is 350 g/mol. The zero-order valence-electron chi connectivity index (χ0n) is 14.7. The van der Waals surface area contributed by atoms with Crippen molar-refractivity contribution >= 4 is 5.97 Å². The molecule has 26 heavy (non-hydrogen) atoms. The molecule has 134 valence electrons. The highest BCUT2D eigenvalue weighted by atomic mass is 16.5. The third kappa shape index (κ3) is 6.84. The third-order valence-corrected chi connectivity index (χ3v) is 3.53. The van der Waals surface area contributed by atoms with Crippen LogP contribution in [-0.2, 0) is 16.0 Å². The predicted octanol–water partition coefficient (Wildman–Crippen LogP) is 3.71. The van der Waals surface area contributed by atoms with Crippen LogP contribution in [0.15, 0.2) is 66.7 Å². The molecule has 0 spiro atoms. The Morgan fingerprint density at radius 2 is 1.88 bits per heavy atom. The first kappa shape index (κ1) is 19.3. The van der Waals surface area contributed by atoms with Gasteiger partial charge >= 0.3 is 5.97 Å². The van der Waals surface area contributed by atoms with Crippen LogP contribution in [0.1, 0.15) is 18.1 Å². The summed E-state index contributed by atoms with van der Waals surface area (Å²) in [5.74, 6) is 5.77. The SMILES string of the molecule is CCO[C@H](Cc1ccc(OC/C=C/C#Cc2ccccc2)cc1)C(=O)O. The Kier molecular flexibility index (Phi) is 7.98. The van der Waals surface area contributed by atoms with Gasteiger partial charge in [0.15, 0.2) is 6.10 Å². The smallest absolute Gasteiger partial charge is 0.333 e. The fourth-order valence-electron chi connectivity index (χ4n) is 2.25. The minimum Gasteiger partial charge on any atom is -0.490 e. The Labute approximate surface area is 154 Å². The first-order valence-electron chi connectivity index (χ1n) is 8.46. The van der Waals surface area contributed by atoms with E-state index in [2.05, 4.69) is 11.8 Å². The Morgan fingerprint density at radius 3 is 2.54 bits per heavy atom. The Morgan fingerprint density at radius 1 is 1.15 bits per heavy atom. The van der Waals surface area contributed by atoms with Crippen molar-refractivity contribution in [1.29, 1.82) is 0 Å². The van der Waals surface area contributed by atoms with E-state index >= 15 is 0 Å². The number of allylic oxidation sites excluding steroid dienone is 1. The second kappa shape index (κ2) is 10.8. The Balaban J connectivity index is 1.79. The lowest BCUT2D eigenvalue weighted by Gasteiger charge is -2.12. The minimum atomic E-state index is -0.950. The van der Waals surface area contributed by atoms with Crippen molar-refractivity contribution in [1.82, 2.24) is 0 Å². The zero-order chi connectivity index (χ0) is 18.6. The largest absolute Gasteiger partial charge is 0.490 e. The Hall–Kier alpha value is -3.03. The first-order chi connectivity index (χ1) is 12.7. The van der Waals surface area contributed by atoms with E-state index in [0.717, 1.165) is 16.9 Å². The predicted molar refractivity (Wildman–Crippen MR) is 101 cm³/mol. The molecule has 2 rings (SSSR count). The van der Waals surface area contributed by atoms with Crippen LogP contribution in [0.5, 0.6) is 5.75 Å². The summed E-state index contributed by atoms with van der Waals surface area (Å²) < 4.78 is 10.8. The van der Waals surface area contributed by atoms with Crippen LogP contribution in [-0.4, -0.2) is 30.4 Å². The molecule has 0 bridgehead atoms. The van der Waals surface area contributed by atoms with E-state index in [1.807, 2.05) is 60.7 Å². The van der Waals surface area contributed by atoms with E-state index in [-0.39, 0.29) is 0 Å². The van der Waals surface area contributed by atoms with E-state index in [9.17, 15) is 4.79 Å². The molecular weight excluding hydrogens is 328 g/mol. The number of carboxylic acids is 1. The molecule has 0 fully saturated rings. The lowest BCUT2D eigenvalue weighted by atomic mass is 10.1. The van der Waals surface area contributed by atoms with Gasteiger partial charge in [-0.1, -0.05) is 42.2 Å².